The van der Waals surface area contributed by atoms with Crippen molar-refractivity contribution in [3.8, 4) is 5.75 Å². The summed E-state index contributed by atoms with van der Waals surface area (Å²) < 4.78 is 5.45. The molecule has 66 valence electrons. The topological polar surface area (TPSA) is 35.0 Å². The normalized spacial score (nSPS) is 9.85. The SMILES string of the molecule is c1cc(OCc2cscn2)ccn1. The number of rotatable bonds is 3. The number of hydrogen-bond acceptors (Lipinski definition) is 4. The molecule has 0 aliphatic carbocycles. The van der Waals surface area contributed by atoms with Crippen molar-refractivity contribution in [2.75, 3.05) is 0 Å². The molecule has 3 nitrogen and oxygen atoms in total. The molecule has 0 aromatic carbocycles. The molecule has 0 aliphatic heterocycles. The lowest BCUT2D eigenvalue weighted by Gasteiger charge is -2.01. The van der Waals surface area contributed by atoms with Gasteiger partial charge in [-0.2, -0.15) is 0 Å². The number of ether oxygens (including phenoxy) is 1. The van der Waals surface area contributed by atoms with E-state index < -0.39 is 0 Å². The highest BCUT2D eigenvalue weighted by atomic mass is 32.1. The van der Waals surface area contributed by atoms with Gasteiger partial charge in [-0.05, 0) is 12.1 Å². The van der Waals surface area contributed by atoms with Crippen molar-refractivity contribution in [3.05, 3.63) is 41.1 Å². The molecule has 2 heterocycles. The molecule has 0 fully saturated rings. The highest BCUT2D eigenvalue weighted by molar-refractivity contribution is 7.07. The Kier molecular flexibility index (Phi) is 2.52. The number of nitrogens with zero attached hydrogens (tertiary/aromatic N) is 2. The van der Waals surface area contributed by atoms with Gasteiger partial charge in [0, 0.05) is 17.8 Å². The van der Waals surface area contributed by atoms with Gasteiger partial charge in [0.15, 0.2) is 0 Å². The molecule has 2 aromatic rings. The van der Waals surface area contributed by atoms with Crippen LogP contribution >= 0.6 is 11.3 Å². The summed E-state index contributed by atoms with van der Waals surface area (Å²) in [6, 6.07) is 3.65. The van der Waals surface area contributed by atoms with Gasteiger partial charge in [0.05, 0.1) is 11.2 Å². The van der Waals surface area contributed by atoms with Gasteiger partial charge < -0.3 is 4.74 Å². The molecule has 4 heteroatoms. The maximum absolute atomic E-state index is 5.45. The minimum Gasteiger partial charge on any atom is -0.487 e. The van der Waals surface area contributed by atoms with Crippen molar-refractivity contribution in [3.63, 3.8) is 0 Å². The van der Waals surface area contributed by atoms with Gasteiger partial charge in [-0.3, -0.25) is 4.98 Å². The van der Waals surface area contributed by atoms with Crippen LogP contribution in [0.25, 0.3) is 0 Å². The maximum atomic E-state index is 5.45. The zero-order valence-corrected chi connectivity index (χ0v) is 7.70. The lowest BCUT2D eigenvalue weighted by molar-refractivity contribution is 0.302. The quantitative estimate of drug-likeness (QED) is 0.747. The Bertz CT molecular complexity index is 347. The van der Waals surface area contributed by atoms with Crippen LogP contribution in [0.4, 0.5) is 0 Å². The highest BCUT2D eigenvalue weighted by Crippen LogP contribution is 2.10. The van der Waals surface area contributed by atoms with E-state index in [-0.39, 0.29) is 0 Å². The molecule has 0 spiro atoms. The summed E-state index contributed by atoms with van der Waals surface area (Å²) in [6.07, 6.45) is 3.41. The van der Waals surface area contributed by atoms with E-state index in [4.69, 9.17) is 4.74 Å². The van der Waals surface area contributed by atoms with Crippen molar-refractivity contribution in [2.24, 2.45) is 0 Å². The first-order valence-electron chi connectivity index (χ1n) is 3.85. The van der Waals surface area contributed by atoms with Crippen LogP contribution in [0.5, 0.6) is 5.75 Å². The third-order valence-electron chi connectivity index (χ3n) is 1.52. The van der Waals surface area contributed by atoms with Crippen molar-refractivity contribution < 1.29 is 4.74 Å². The summed E-state index contributed by atoms with van der Waals surface area (Å²) in [6.45, 7) is 0.521. The summed E-state index contributed by atoms with van der Waals surface area (Å²) >= 11 is 1.57. The second-order valence-corrected chi connectivity index (χ2v) is 3.17. The smallest absolute Gasteiger partial charge is 0.131 e. The van der Waals surface area contributed by atoms with Gasteiger partial charge in [-0.1, -0.05) is 0 Å². The van der Waals surface area contributed by atoms with Crippen LogP contribution < -0.4 is 4.74 Å². The molecule has 0 radical (unpaired) electrons. The summed E-state index contributed by atoms with van der Waals surface area (Å²) in [4.78, 5) is 8.01. The van der Waals surface area contributed by atoms with E-state index in [1.165, 1.54) is 0 Å². The first-order chi connectivity index (χ1) is 6.45. The van der Waals surface area contributed by atoms with Gasteiger partial charge in [0.2, 0.25) is 0 Å². The molecule has 2 aromatic heterocycles. The minimum absolute atomic E-state index is 0.521. The van der Waals surface area contributed by atoms with Crippen LogP contribution in [-0.2, 0) is 6.61 Å². The van der Waals surface area contributed by atoms with Crippen molar-refractivity contribution in [1.29, 1.82) is 0 Å². The van der Waals surface area contributed by atoms with Crippen LogP contribution in [-0.4, -0.2) is 9.97 Å². The molecule has 0 unspecified atom stereocenters. The molecular formula is C9H8N2OS. The van der Waals surface area contributed by atoms with Crippen LogP contribution in [0.3, 0.4) is 0 Å². The number of aromatic nitrogens is 2. The number of pyridine rings is 1. The van der Waals surface area contributed by atoms with Crippen molar-refractivity contribution in [2.45, 2.75) is 6.61 Å². The maximum Gasteiger partial charge on any atom is 0.131 e. The second kappa shape index (κ2) is 4.00. The molecule has 13 heavy (non-hydrogen) atoms. The highest BCUT2D eigenvalue weighted by Gasteiger charge is 1.95. The standard InChI is InChI=1S/C9H8N2OS/c1-3-10-4-2-9(1)12-5-8-6-13-7-11-8/h1-4,6-7H,5H2. The zero-order valence-electron chi connectivity index (χ0n) is 6.88. The molecule has 0 saturated carbocycles. The molecule has 0 N–H and O–H groups in total. The van der Waals surface area contributed by atoms with E-state index in [0.29, 0.717) is 6.61 Å². The number of thiazole rings is 1. The predicted molar refractivity (Wildman–Crippen MR) is 50.7 cm³/mol. The monoisotopic (exact) mass is 192 g/mol. The van der Waals surface area contributed by atoms with E-state index >= 15 is 0 Å². The van der Waals surface area contributed by atoms with E-state index in [2.05, 4.69) is 9.97 Å². The third kappa shape index (κ3) is 2.26. The average Bonchev–Trinajstić information content (AvgIpc) is 2.69. The molecular weight excluding hydrogens is 184 g/mol. The van der Waals surface area contributed by atoms with Crippen molar-refractivity contribution >= 4 is 11.3 Å². The summed E-state index contributed by atoms with van der Waals surface area (Å²) in [5.74, 6) is 0.822. The van der Waals surface area contributed by atoms with E-state index in [1.54, 1.807) is 29.2 Å². The molecule has 0 bridgehead atoms. The Morgan fingerprint density at radius 2 is 2.15 bits per heavy atom. The van der Waals surface area contributed by atoms with E-state index in [0.717, 1.165) is 11.4 Å². The molecule has 0 atom stereocenters. The molecule has 0 saturated heterocycles. The van der Waals surface area contributed by atoms with Crippen LogP contribution in [0.2, 0.25) is 0 Å². The Morgan fingerprint density at radius 1 is 1.31 bits per heavy atom. The minimum atomic E-state index is 0.521. The van der Waals surface area contributed by atoms with Gasteiger partial charge in [-0.25, -0.2) is 4.98 Å². The average molecular weight is 192 g/mol. The predicted octanol–water partition coefficient (Wildman–Crippen LogP) is 2.12. The first-order valence-corrected chi connectivity index (χ1v) is 4.79. The van der Waals surface area contributed by atoms with Crippen LogP contribution in [0, 0.1) is 0 Å². The zero-order chi connectivity index (χ0) is 8.93. The largest absolute Gasteiger partial charge is 0.487 e. The molecule has 0 aliphatic rings. The Hall–Kier alpha value is -1.42. The van der Waals surface area contributed by atoms with E-state index in [9.17, 15) is 0 Å². The summed E-state index contributed by atoms with van der Waals surface area (Å²) in [7, 11) is 0. The Morgan fingerprint density at radius 3 is 2.85 bits per heavy atom. The molecule has 2 rings (SSSR count). The van der Waals surface area contributed by atoms with Gasteiger partial charge in [-0.15, -0.1) is 11.3 Å². The van der Waals surface area contributed by atoms with Crippen molar-refractivity contribution in [1.82, 2.24) is 9.97 Å². The van der Waals surface area contributed by atoms with Gasteiger partial charge >= 0.3 is 0 Å². The van der Waals surface area contributed by atoms with Gasteiger partial charge in [0.1, 0.15) is 12.4 Å². The number of hydrogen-bond donors (Lipinski definition) is 0. The van der Waals surface area contributed by atoms with Crippen LogP contribution in [0.15, 0.2) is 35.4 Å². The van der Waals surface area contributed by atoms with Gasteiger partial charge in [0.25, 0.3) is 0 Å². The first kappa shape index (κ1) is 8.19. The summed E-state index contributed by atoms with van der Waals surface area (Å²) in [5.41, 5.74) is 2.76. The summed E-state index contributed by atoms with van der Waals surface area (Å²) in [5, 5.41) is 1.97. The lowest BCUT2D eigenvalue weighted by Crippen LogP contribution is -1.94. The Labute approximate surface area is 80.0 Å². The fourth-order valence-electron chi connectivity index (χ4n) is 0.901. The second-order valence-electron chi connectivity index (χ2n) is 2.45. The van der Waals surface area contributed by atoms with Crippen LogP contribution in [0.1, 0.15) is 5.69 Å². The lowest BCUT2D eigenvalue weighted by atomic mass is 10.4. The third-order valence-corrected chi connectivity index (χ3v) is 2.16. The fourth-order valence-corrected chi connectivity index (χ4v) is 1.44. The Balaban J connectivity index is 1.94. The molecule has 0 amide bonds. The van der Waals surface area contributed by atoms with E-state index in [1.807, 2.05) is 17.5 Å². The fraction of sp³-hybridized carbons (Fsp3) is 0.111.